The number of amides is 2. The lowest BCUT2D eigenvalue weighted by Crippen LogP contribution is -2.60. The summed E-state index contributed by atoms with van der Waals surface area (Å²) >= 11 is 0. The van der Waals surface area contributed by atoms with Gasteiger partial charge in [-0.3, -0.25) is 9.59 Å². The number of piperazine rings is 1. The van der Waals surface area contributed by atoms with Crippen LogP contribution < -0.4 is 0 Å². The molecule has 0 unspecified atom stereocenters. The van der Waals surface area contributed by atoms with Gasteiger partial charge in [0.2, 0.25) is 11.8 Å². The van der Waals surface area contributed by atoms with Gasteiger partial charge in [0, 0.05) is 32.0 Å². The van der Waals surface area contributed by atoms with Crippen LogP contribution in [0.25, 0.3) is 0 Å². The summed E-state index contributed by atoms with van der Waals surface area (Å²) in [5.74, 6) is 0.547. The molecule has 1 aromatic rings. The van der Waals surface area contributed by atoms with Crippen LogP contribution in [0.4, 0.5) is 0 Å². The number of imidazole rings is 1. The fourth-order valence-corrected chi connectivity index (χ4v) is 2.92. The van der Waals surface area contributed by atoms with E-state index >= 15 is 0 Å². The minimum Gasteiger partial charge on any atom is -0.337 e. The molecule has 0 aliphatic carbocycles. The van der Waals surface area contributed by atoms with Crippen LogP contribution in [-0.4, -0.2) is 56.8 Å². The van der Waals surface area contributed by atoms with E-state index in [-0.39, 0.29) is 24.4 Å². The van der Waals surface area contributed by atoms with Crippen LogP contribution >= 0.6 is 0 Å². The minimum absolute atomic E-state index is 0.0673. The maximum atomic E-state index is 12.6. The molecule has 0 N–H and O–H groups in total. The fourth-order valence-electron chi connectivity index (χ4n) is 2.92. The predicted octanol–water partition coefficient (Wildman–Crippen LogP) is 1.38. The van der Waals surface area contributed by atoms with Gasteiger partial charge in [-0.1, -0.05) is 13.8 Å². The fraction of sp³-hybridized carbons (Fsp3) is 0.688. The first kappa shape index (κ1) is 16.5. The van der Waals surface area contributed by atoms with Gasteiger partial charge < -0.3 is 14.4 Å². The van der Waals surface area contributed by atoms with Crippen LogP contribution in [0.2, 0.25) is 0 Å². The predicted molar refractivity (Wildman–Crippen MR) is 84.1 cm³/mol. The van der Waals surface area contributed by atoms with Gasteiger partial charge >= 0.3 is 0 Å². The van der Waals surface area contributed by atoms with Crippen LogP contribution in [0.3, 0.4) is 0 Å². The summed E-state index contributed by atoms with van der Waals surface area (Å²) in [6.07, 6.45) is 6.99. The Bertz CT molecular complexity index is 498. The molecule has 2 amide bonds. The monoisotopic (exact) mass is 306 g/mol. The van der Waals surface area contributed by atoms with Crippen molar-refractivity contribution in [3.63, 3.8) is 0 Å². The van der Waals surface area contributed by atoms with Gasteiger partial charge in [-0.2, -0.15) is 0 Å². The first-order valence-electron chi connectivity index (χ1n) is 8.07. The SMILES string of the molecule is CCN1CC(=O)N(CCCn2ccnc2)[C@@H](CC(C)C)C1=O. The summed E-state index contributed by atoms with van der Waals surface area (Å²) < 4.78 is 1.99. The van der Waals surface area contributed by atoms with E-state index in [1.165, 1.54) is 0 Å². The molecule has 2 heterocycles. The van der Waals surface area contributed by atoms with E-state index in [0.29, 0.717) is 19.0 Å². The molecule has 1 aromatic heterocycles. The third-order valence-electron chi connectivity index (χ3n) is 4.07. The number of aryl methyl sites for hydroxylation is 1. The lowest BCUT2D eigenvalue weighted by atomic mass is 9.98. The number of likely N-dealkylation sites (N-methyl/N-ethyl adjacent to an activating group) is 1. The minimum atomic E-state index is -0.302. The average Bonchev–Trinajstić information content (AvgIpc) is 2.98. The second kappa shape index (κ2) is 7.42. The molecule has 6 heteroatoms. The van der Waals surface area contributed by atoms with Crippen LogP contribution in [-0.2, 0) is 16.1 Å². The van der Waals surface area contributed by atoms with Crippen molar-refractivity contribution in [3.05, 3.63) is 18.7 Å². The first-order valence-corrected chi connectivity index (χ1v) is 8.07. The summed E-state index contributed by atoms with van der Waals surface area (Å²) in [7, 11) is 0. The number of rotatable bonds is 7. The van der Waals surface area contributed by atoms with E-state index < -0.39 is 0 Å². The summed E-state index contributed by atoms with van der Waals surface area (Å²) in [5, 5.41) is 0. The first-order chi connectivity index (χ1) is 10.5. The third kappa shape index (κ3) is 3.87. The lowest BCUT2D eigenvalue weighted by Gasteiger charge is -2.40. The Morgan fingerprint density at radius 1 is 1.32 bits per heavy atom. The zero-order valence-electron chi connectivity index (χ0n) is 13.7. The molecule has 1 atom stereocenters. The molecule has 1 fully saturated rings. The molecule has 1 aliphatic heterocycles. The van der Waals surface area contributed by atoms with E-state index in [1.807, 2.05) is 17.7 Å². The summed E-state index contributed by atoms with van der Waals surface area (Å²) in [6.45, 7) is 8.35. The van der Waals surface area contributed by atoms with Crippen LogP contribution in [0.15, 0.2) is 18.7 Å². The van der Waals surface area contributed by atoms with Gasteiger partial charge in [-0.05, 0) is 25.7 Å². The molecule has 0 aromatic carbocycles. The van der Waals surface area contributed by atoms with Crippen LogP contribution in [0, 0.1) is 5.92 Å². The second-order valence-electron chi connectivity index (χ2n) is 6.24. The van der Waals surface area contributed by atoms with Gasteiger partial charge in [0.15, 0.2) is 0 Å². The van der Waals surface area contributed by atoms with Crippen molar-refractivity contribution >= 4 is 11.8 Å². The quantitative estimate of drug-likeness (QED) is 0.764. The van der Waals surface area contributed by atoms with Crippen molar-refractivity contribution in [1.82, 2.24) is 19.4 Å². The lowest BCUT2D eigenvalue weighted by molar-refractivity contribution is -0.156. The number of carbonyl (C=O) groups excluding carboxylic acids is 2. The molecular weight excluding hydrogens is 280 g/mol. The Balaban J connectivity index is 2.01. The maximum absolute atomic E-state index is 12.6. The number of aromatic nitrogens is 2. The molecule has 1 saturated heterocycles. The molecule has 0 bridgehead atoms. The van der Waals surface area contributed by atoms with Crippen molar-refractivity contribution in [2.24, 2.45) is 5.92 Å². The van der Waals surface area contributed by atoms with E-state index in [4.69, 9.17) is 0 Å². The van der Waals surface area contributed by atoms with Crippen molar-refractivity contribution in [1.29, 1.82) is 0 Å². The highest BCUT2D eigenvalue weighted by molar-refractivity contribution is 5.94. The summed E-state index contributed by atoms with van der Waals surface area (Å²) in [4.78, 5) is 32.4. The average molecular weight is 306 g/mol. The van der Waals surface area contributed by atoms with Gasteiger partial charge in [-0.15, -0.1) is 0 Å². The largest absolute Gasteiger partial charge is 0.337 e. The number of nitrogens with zero attached hydrogens (tertiary/aromatic N) is 4. The highest BCUT2D eigenvalue weighted by Gasteiger charge is 2.38. The number of hydrogen-bond donors (Lipinski definition) is 0. The third-order valence-corrected chi connectivity index (χ3v) is 4.07. The summed E-state index contributed by atoms with van der Waals surface area (Å²) in [6, 6.07) is -0.302. The van der Waals surface area contributed by atoms with Crippen LogP contribution in [0.1, 0.15) is 33.6 Å². The van der Waals surface area contributed by atoms with Crippen LogP contribution in [0.5, 0.6) is 0 Å². The molecule has 0 saturated carbocycles. The number of hydrogen-bond acceptors (Lipinski definition) is 3. The van der Waals surface area contributed by atoms with Gasteiger partial charge in [0.25, 0.3) is 0 Å². The second-order valence-corrected chi connectivity index (χ2v) is 6.24. The Morgan fingerprint density at radius 3 is 2.68 bits per heavy atom. The Morgan fingerprint density at radius 2 is 2.09 bits per heavy atom. The topological polar surface area (TPSA) is 58.4 Å². The highest BCUT2D eigenvalue weighted by atomic mass is 16.2. The molecule has 122 valence electrons. The molecular formula is C16H26N4O2. The van der Waals surface area contributed by atoms with Crippen molar-refractivity contribution in [2.75, 3.05) is 19.6 Å². The van der Waals surface area contributed by atoms with E-state index in [0.717, 1.165) is 19.4 Å². The zero-order chi connectivity index (χ0) is 16.1. The maximum Gasteiger partial charge on any atom is 0.245 e. The zero-order valence-corrected chi connectivity index (χ0v) is 13.7. The molecule has 22 heavy (non-hydrogen) atoms. The Hall–Kier alpha value is -1.85. The van der Waals surface area contributed by atoms with Gasteiger partial charge in [0.1, 0.15) is 6.04 Å². The molecule has 0 spiro atoms. The Kier molecular flexibility index (Phi) is 5.57. The highest BCUT2D eigenvalue weighted by Crippen LogP contribution is 2.20. The molecule has 0 radical (unpaired) electrons. The van der Waals surface area contributed by atoms with Gasteiger partial charge in [0.05, 0.1) is 12.9 Å². The Labute approximate surface area is 132 Å². The van der Waals surface area contributed by atoms with E-state index in [2.05, 4.69) is 18.8 Å². The smallest absolute Gasteiger partial charge is 0.245 e. The van der Waals surface area contributed by atoms with Crippen molar-refractivity contribution < 1.29 is 9.59 Å². The van der Waals surface area contributed by atoms with Gasteiger partial charge in [-0.25, -0.2) is 4.98 Å². The van der Waals surface area contributed by atoms with Crippen molar-refractivity contribution in [2.45, 2.75) is 46.2 Å². The standard InChI is InChI=1S/C16H26N4O2/c1-4-19-11-15(21)20(14(16(19)22)10-13(2)3)8-5-7-18-9-6-17-12-18/h6,9,12-14H,4-5,7-8,10-11H2,1-3H3/t14-/m0/s1. The van der Waals surface area contributed by atoms with E-state index in [1.54, 1.807) is 22.3 Å². The molecule has 6 nitrogen and oxygen atoms in total. The molecule has 1 aliphatic rings. The summed E-state index contributed by atoms with van der Waals surface area (Å²) in [5.41, 5.74) is 0. The van der Waals surface area contributed by atoms with E-state index in [9.17, 15) is 9.59 Å². The van der Waals surface area contributed by atoms with Crippen molar-refractivity contribution in [3.8, 4) is 0 Å². The molecule has 2 rings (SSSR count). The normalized spacial score (nSPS) is 19.4. The number of carbonyl (C=O) groups is 2.